The van der Waals surface area contributed by atoms with E-state index >= 15 is 4.39 Å². The van der Waals surface area contributed by atoms with Crippen LogP contribution in [0.4, 0.5) is 19.0 Å². The zero-order valence-electron chi connectivity index (χ0n) is 20.5. The molecule has 0 spiro atoms. The van der Waals surface area contributed by atoms with Crippen molar-refractivity contribution in [1.82, 2.24) is 14.5 Å². The molecule has 0 unspecified atom stereocenters. The quantitative estimate of drug-likeness (QED) is 0.393. The molecule has 2 aromatic heterocycles. The van der Waals surface area contributed by atoms with Crippen LogP contribution in [0.15, 0.2) is 47.4 Å². The van der Waals surface area contributed by atoms with Gasteiger partial charge in [0.1, 0.15) is 29.8 Å². The minimum atomic E-state index is -3.71. The second kappa shape index (κ2) is 9.19. The van der Waals surface area contributed by atoms with Gasteiger partial charge < -0.3 is 19.7 Å². The van der Waals surface area contributed by atoms with E-state index in [1.165, 1.54) is 22.8 Å². The lowest BCUT2D eigenvalue weighted by molar-refractivity contribution is -0.0583. The van der Waals surface area contributed by atoms with Gasteiger partial charge in [-0.15, -0.1) is 0 Å². The highest BCUT2D eigenvalue weighted by molar-refractivity contribution is 5.98. The van der Waals surface area contributed by atoms with Crippen molar-refractivity contribution in [3.05, 3.63) is 81.3 Å². The highest BCUT2D eigenvalue weighted by Crippen LogP contribution is 2.43. The van der Waals surface area contributed by atoms with Crippen LogP contribution >= 0.6 is 0 Å². The monoisotopic (exact) mass is 510 g/mol. The van der Waals surface area contributed by atoms with E-state index < -0.39 is 30.0 Å². The van der Waals surface area contributed by atoms with E-state index in [0.29, 0.717) is 52.4 Å². The van der Waals surface area contributed by atoms with Crippen molar-refractivity contribution in [2.45, 2.75) is 32.2 Å². The molecule has 0 radical (unpaired) electrons. The number of ether oxygens (including phenoxy) is 1. The maximum Gasteiger partial charge on any atom is 0.298 e. The zero-order chi connectivity index (χ0) is 26.5. The Morgan fingerprint density at radius 1 is 1.24 bits per heavy atom. The number of hydrogen-bond acceptors (Lipinski definition) is 6. The minimum absolute atomic E-state index is 0.00585. The number of aryl methyl sites for hydroxylation is 2. The summed E-state index contributed by atoms with van der Waals surface area (Å²) in [6.45, 7) is 2.34. The SMILES string of the molecule is Cc1nc(N[C@H](C)c2cccc(C(F)(F)CO)c2F)c2cc(-c3ccn(C)c(=O)c3)c3c(c2n1)CCO3. The summed E-state index contributed by atoms with van der Waals surface area (Å²) in [6.07, 6.45) is 2.29. The van der Waals surface area contributed by atoms with Crippen LogP contribution in [0.5, 0.6) is 5.75 Å². The standard InChI is InChI=1S/C27H25F3N4O3/c1-14(17-5-4-6-21(23(17)28)27(29,30)13-35)31-26-20-12-19(16-7-9-34(3)22(36)11-16)25-18(8-10-37-25)24(20)32-15(2)33-26/h4-7,9,11-12,14,35H,8,10,13H2,1-3H3,(H,31,32,33)/t14-/m1/s1. The lowest BCUT2D eigenvalue weighted by atomic mass is 9.97. The second-order valence-electron chi connectivity index (χ2n) is 9.15. The van der Waals surface area contributed by atoms with E-state index in [4.69, 9.17) is 9.84 Å². The topological polar surface area (TPSA) is 89.3 Å². The number of benzene rings is 2. The molecule has 0 fully saturated rings. The lowest BCUT2D eigenvalue weighted by Gasteiger charge is -2.21. The molecule has 2 aromatic carbocycles. The van der Waals surface area contributed by atoms with E-state index in [0.717, 1.165) is 11.6 Å². The van der Waals surface area contributed by atoms with Gasteiger partial charge in [-0.05, 0) is 37.6 Å². The molecule has 37 heavy (non-hydrogen) atoms. The molecule has 1 aliphatic heterocycles. The fourth-order valence-corrected chi connectivity index (χ4v) is 4.66. The number of nitrogens with one attached hydrogen (secondary N) is 1. The number of fused-ring (bicyclic) bond motifs is 3. The molecular formula is C27H25F3N4O3. The number of anilines is 1. The van der Waals surface area contributed by atoms with E-state index in [1.54, 1.807) is 27.1 Å². The van der Waals surface area contributed by atoms with Crippen LogP contribution < -0.4 is 15.6 Å². The van der Waals surface area contributed by atoms with Crippen molar-refractivity contribution in [3.8, 4) is 16.9 Å². The summed E-state index contributed by atoms with van der Waals surface area (Å²) in [7, 11) is 1.66. The van der Waals surface area contributed by atoms with Crippen molar-refractivity contribution in [2.75, 3.05) is 18.5 Å². The van der Waals surface area contributed by atoms with Gasteiger partial charge in [-0.25, -0.2) is 14.4 Å². The fraction of sp³-hybridized carbons (Fsp3) is 0.296. The average molecular weight is 511 g/mol. The first kappa shape index (κ1) is 24.8. The van der Waals surface area contributed by atoms with E-state index in [-0.39, 0.29) is 11.1 Å². The molecule has 0 bridgehead atoms. The van der Waals surface area contributed by atoms with Crippen LogP contribution in [0.3, 0.4) is 0 Å². The van der Waals surface area contributed by atoms with Crippen LogP contribution in [-0.4, -0.2) is 32.9 Å². The van der Waals surface area contributed by atoms with Gasteiger partial charge in [-0.2, -0.15) is 8.78 Å². The third kappa shape index (κ3) is 4.31. The molecule has 0 amide bonds. The molecule has 1 aliphatic rings. The number of rotatable bonds is 6. The molecule has 0 saturated carbocycles. The Hall–Kier alpha value is -3.92. The van der Waals surface area contributed by atoms with Gasteiger partial charge >= 0.3 is 0 Å². The van der Waals surface area contributed by atoms with Crippen molar-refractivity contribution in [1.29, 1.82) is 0 Å². The molecule has 192 valence electrons. The van der Waals surface area contributed by atoms with Crippen molar-refractivity contribution in [2.24, 2.45) is 7.05 Å². The molecule has 7 nitrogen and oxygen atoms in total. The predicted octanol–water partition coefficient (Wildman–Crippen LogP) is 4.64. The van der Waals surface area contributed by atoms with Crippen LogP contribution in [0, 0.1) is 12.7 Å². The van der Waals surface area contributed by atoms with Gasteiger partial charge in [0.25, 0.3) is 11.5 Å². The number of aliphatic hydroxyl groups excluding tert-OH is 1. The van der Waals surface area contributed by atoms with E-state index in [2.05, 4.69) is 15.3 Å². The third-order valence-corrected chi connectivity index (χ3v) is 6.61. The van der Waals surface area contributed by atoms with Crippen molar-refractivity contribution in [3.63, 3.8) is 0 Å². The number of alkyl halides is 2. The first-order chi connectivity index (χ1) is 17.6. The van der Waals surface area contributed by atoms with E-state index in [1.807, 2.05) is 12.1 Å². The van der Waals surface area contributed by atoms with Crippen molar-refractivity contribution < 1.29 is 23.0 Å². The summed E-state index contributed by atoms with van der Waals surface area (Å²) >= 11 is 0. The highest BCUT2D eigenvalue weighted by atomic mass is 19.3. The number of aliphatic hydroxyl groups is 1. The van der Waals surface area contributed by atoms with Gasteiger partial charge in [-0.3, -0.25) is 4.79 Å². The normalized spacial score (nSPS) is 13.9. The molecule has 3 heterocycles. The van der Waals surface area contributed by atoms with Gasteiger partial charge in [0.05, 0.1) is 23.7 Å². The molecule has 5 rings (SSSR count). The Bertz CT molecular complexity index is 1590. The lowest BCUT2D eigenvalue weighted by Crippen LogP contribution is -2.22. The molecule has 2 N–H and O–H groups in total. The number of hydrogen-bond donors (Lipinski definition) is 2. The maximum absolute atomic E-state index is 15.1. The van der Waals surface area contributed by atoms with Gasteiger partial charge in [0.2, 0.25) is 0 Å². The maximum atomic E-state index is 15.1. The summed E-state index contributed by atoms with van der Waals surface area (Å²) in [4.78, 5) is 21.5. The molecular weight excluding hydrogens is 485 g/mol. The predicted molar refractivity (Wildman–Crippen MR) is 134 cm³/mol. The smallest absolute Gasteiger partial charge is 0.298 e. The number of halogens is 3. The number of nitrogens with zero attached hydrogens (tertiary/aromatic N) is 3. The molecule has 10 heteroatoms. The van der Waals surface area contributed by atoms with Crippen LogP contribution in [0.2, 0.25) is 0 Å². The second-order valence-corrected chi connectivity index (χ2v) is 9.15. The van der Waals surface area contributed by atoms with Crippen molar-refractivity contribution >= 4 is 16.7 Å². The summed E-state index contributed by atoms with van der Waals surface area (Å²) < 4.78 is 50.7. The molecule has 0 saturated heterocycles. The largest absolute Gasteiger partial charge is 0.492 e. The van der Waals surface area contributed by atoms with Gasteiger partial charge in [0, 0.05) is 47.8 Å². The molecule has 0 aliphatic carbocycles. The van der Waals surface area contributed by atoms with Gasteiger partial charge in [0.15, 0.2) is 0 Å². The Balaban J connectivity index is 1.64. The summed E-state index contributed by atoms with van der Waals surface area (Å²) in [5, 5.41) is 12.8. The van der Waals surface area contributed by atoms with E-state index in [9.17, 15) is 13.6 Å². The van der Waals surface area contributed by atoms with Crippen LogP contribution in [0.1, 0.15) is 35.5 Å². The summed E-state index contributed by atoms with van der Waals surface area (Å²) in [6, 6.07) is 8.13. The number of aromatic nitrogens is 3. The molecule has 1 atom stereocenters. The Kier molecular flexibility index (Phi) is 6.15. The number of pyridine rings is 1. The zero-order valence-corrected chi connectivity index (χ0v) is 20.5. The molecule has 4 aromatic rings. The first-order valence-electron chi connectivity index (χ1n) is 11.8. The average Bonchev–Trinajstić information content (AvgIpc) is 3.36. The highest BCUT2D eigenvalue weighted by Gasteiger charge is 2.35. The Morgan fingerprint density at radius 3 is 2.76 bits per heavy atom. The minimum Gasteiger partial charge on any atom is -0.492 e. The van der Waals surface area contributed by atoms with Crippen LogP contribution in [-0.2, 0) is 19.4 Å². The Labute approximate surface area is 210 Å². The first-order valence-corrected chi connectivity index (χ1v) is 11.8. The van der Waals surface area contributed by atoms with Crippen LogP contribution in [0.25, 0.3) is 22.0 Å². The Morgan fingerprint density at radius 2 is 2.03 bits per heavy atom. The fourth-order valence-electron chi connectivity index (χ4n) is 4.66. The summed E-state index contributed by atoms with van der Waals surface area (Å²) in [5.74, 6) is -3.28. The van der Waals surface area contributed by atoms with Gasteiger partial charge in [-0.1, -0.05) is 12.1 Å². The summed E-state index contributed by atoms with van der Waals surface area (Å²) in [5.41, 5.74) is 1.89. The third-order valence-electron chi connectivity index (χ3n) is 6.61.